The van der Waals surface area contributed by atoms with E-state index >= 15 is 0 Å². The number of hydrogen-bond acceptors (Lipinski definition) is 2. The molecule has 0 fully saturated rings. The number of hydrogen-bond donors (Lipinski definition) is 1. The summed E-state index contributed by atoms with van der Waals surface area (Å²) in [6.45, 7) is 4.08. The largest absolute Gasteiger partial charge is 0.317 e. The highest BCUT2D eigenvalue weighted by atomic mass is 35.5. The maximum absolute atomic E-state index is 6.40. The lowest BCUT2D eigenvalue weighted by Crippen LogP contribution is -2.33. The maximum atomic E-state index is 6.40. The van der Waals surface area contributed by atoms with Crippen molar-refractivity contribution in [1.82, 2.24) is 0 Å². The fourth-order valence-electron chi connectivity index (χ4n) is 1.73. The average Bonchev–Trinajstić information content (AvgIpc) is 2.66. The number of thiophene rings is 1. The van der Waals surface area contributed by atoms with Crippen LogP contribution in [0.25, 0.3) is 0 Å². The molecule has 84 valence electrons. The Morgan fingerprint density at radius 1 is 1.19 bits per heavy atom. The standard InChI is InChI=1S/C13H14ClNS/c1-9-7-8-12(16-9)13(2,15)10-5-3-4-6-11(10)14/h3-8H,15H2,1-2H3. The fraction of sp³-hybridized carbons (Fsp3) is 0.231. The van der Waals surface area contributed by atoms with Gasteiger partial charge in [-0.05, 0) is 37.6 Å². The molecule has 2 N–H and O–H groups in total. The zero-order valence-corrected chi connectivity index (χ0v) is 10.9. The van der Waals surface area contributed by atoms with Crippen LogP contribution in [0.15, 0.2) is 36.4 Å². The highest BCUT2D eigenvalue weighted by Crippen LogP contribution is 2.35. The van der Waals surface area contributed by atoms with E-state index in [1.165, 1.54) is 4.88 Å². The Hall–Kier alpha value is -0.830. The van der Waals surface area contributed by atoms with Crippen LogP contribution >= 0.6 is 22.9 Å². The fourth-order valence-corrected chi connectivity index (χ4v) is 3.00. The molecular formula is C13H14ClNS. The molecule has 1 aromatic carbocycles. The third kappa shape index (κ3) is 2.01. The summed E-state index contributed by atoms with van der Waals surface area (Å²) in [7, 11) is 0. The quantitative estimate of drug-likeness (QED) is 0.860. The van der Waals surface area contributed by atoms with Crippen molar-refractivity contribution < 1.29 is 0 Å². The van der Waals surface area contributed by atoms with E-state index in [1.54, 1.807) is 11.3 Å². The molecule has 16 heavy (non-hydrogen) atoms. The molecule has 2 rings (SSSR count). The second-order valence-electron chi connectivity index (χ2n) is 4.09. The van der Waals surface area contributed by atoms with Gasteiger partial charge in [0.15, 0.2) is 0 Å². The average molecular weight is 252 g/mol. The van der Waals surface area contributed by atoms with E-state index in [0.717, 1.165) is 15.5 Å². The van der Waals surface area contributed by atoms with Crippen molar-refractivity contribution in [3.8, 4) is 0 Å². The summed E-state index contributed by atoms with van der Waals surface area (Å²) in [6.07, 6.45) is 0. The first-order chi connectivity index (χ1) is 7.51. The summed E-state index contributed by atoms with van der Waals surface area (Å²) in [4.78, 5) is 2.40. The van der Waals surface area contributed by atoms with Gasteiger partial charge in [0.25, 0.3) is 0 Å². The minimum atomic E-state index is -0.517. The smallest absolute Gasteiger partial charge is 0.0745 e. The normalized spacial score (nSPS) is 14.8. The van der Waals surface area contributed by atoms with E-state index in [-0.39, 0.29) is 0 Å². The molecule has 1 aromatic heterocycles. The predicted molar refractivity (Wildman–Crippen MR) is 71.1 cm³/mol. The summed E-state index contributed by atoms with van der Waals surface area (Å²) in [5.41, 5.74) is 6.85. The van der Waals surface area contributed by atoms with Crippen LogP contribution in [-0.2, 0) is 5.54 Å². The molecule has 1 nitrogen and oxygen atoms in total. The lowest BCUT2D eigenvalue weighted by Gasteiger charge is -2.25. The Bertz CT molecular complexity index is 502. The Morgan fingerprint density at radius 3 is 2.44 bits per heavy atom. The third-order valence-corrected chi connectivity index (χ3v) is 4.25. The van der Waals surface area contributed by atoms with E-state index in [2.05, 4.69) is 19.1 Å². The van der Waals surface area contributed by atoms with Crippen LogP contribution in [-0.4, -0.2) is 0 Å². The Kier molecular flexibility index (Phi) is 3.06. The highest BCUT2D eigenvalue weighted by Gasteiger charge is 2.27. The Balaban J connectivity index is 2.50. The number of nitrogens with two attached hydrogens (primary N) is 1. The summed E-state index contributed by atoms with van der Waals surface area (Å²) >= 11 is 7.90. The number of rotatable bonds is 2. The van der Waals surface area contributed by atoms with Crippen molar-refractivity contribution in [3.05, 3.63) is 56.7 Å². The van der Waals surface area contributed by atoms with Crippen molar-refractivity contribution in [1.29, 1.82) is 0 Å². The monoisotopic (exact) mass is 251 g/mol. The minimum absolute atomic E-state index is 0.517. The van der Waals surface area contributed by atoms with E-state index in [1.807, 2.05) is 31.2 Å². The number of aryl methyl sites for hydroxylation is 1. The van der Waals surface area contributed by atoms with Gasteiger partial charge in [0.2, 0.25) is 0 Å². The molecule has 1 unspecified atom stereocenters. The SMILES string of the molecule is Cc1ccc(C(C)(N)c2ccccc2Cl)s1. The first-order valence-electron chi connectivity index (χ1n) is 5.12. The van der Waals surface area contributed by atoms with Crippen LogP contribution in [0.5, 0.6) is 0 Å². The van der Waals surface area contributed by atoms with Gasteiger partial charge in [0, 0.05) is 14.8 Å². The van der Waals surface area contributed by atoms with Crippen LogP contribution in [0.1, 0.15) is 22.2 Å². The van der Waals surface area contributed by atoms with Crippen LogP contribution in [0, 0.1) is 6.92 Å². The summed E-state index contributed by atoms with van der Waals surface area (Å²) < 4.78 is 0. The summed E-state index contributed by atoms with van der Waals surface area (Å²) in [5, 5.41) is 0.721. The number of halogens is 1. The van der Waals surface area contributed by atoms with Gasteiger partial charge in [0.1, 0.15) is 0 Å². The Labute approximate surface area is 105 Å². The summed E-state index contributed by atoms with van der Waals surface area (Å²) in [5.74, 6) is 0. The molecule has 0 spiro atoms. The summed E-state index contributed by atoms with van der Waals surface area (Å²) in [6, 6.07) is 11.9. The zero-order valence-electron chi connectivity index (χ0n) is 9.33. The van der Waals surface area contributed by atoms with Gasteiger partial charge in [-0.3, -0.25) is 0 Å². The van der Waals surface area contributed by atoms with Crippen molar-refractivity contribution in [2.45, 2.75) is 19.4 Å². The van der Waals surface area contributed by atoms with Crippen LogP contribution in [0.4, 0.5) is 0 Å². The van der Waals surface area contributed by atoms with Crippen LogP contribution in [0.3, 0.4) is 0 Å². The second kappa shape index (κ2) is 4.21. The van der Waals surface area contributed by atoms with Crippen molar-refractivity contribution in [3.63, 3.8) is 0 Å². The van der Waals surface area contributed by atoms with E-state index in [4.69, 9.17) is 17.3 Å². The molecule has 0 saturated carbocycles. The Morgan fingerprint density at radius 2 is 1.88 bits per heavy atom. The molecule has 0 radical (unpaired) electrons. The van der Waals surface area contributed by atoms with Gasteiger partial charge in [0.05, 0.1) is 5.54 Å². The lowest BCUT2D eigenvalue weighted by molar-refractivity contribution is 0.617. The van der Waals surface area contributed by atoms with Crippen molar-refractivity contribution >= 4 is 22.9 Å². The molecular weight excluding hydrogens is 238 g/mol. The lowest BCUT2D eigenvalue weighted by atomic mass is 9.91. The molecule has 0 aliphatic heterocycles. The molecule has 0 bridgehead atoms. The first-order valence-corrected chi connectivity index (χ1v) is 6.32. The maximum Gasteiger partial charge on any atom is 0.0745 e. The number of benzene rings is 1. The second-order valence-corrected chi connectivity index (χ2v) is 5.79. The zero-order chi connectivity index (χ0) is 11.8. The predicted octanol–water partition coefficient (Wildman–Crippen LogP) is 3.93. The van der Waals surface area contributed by atoms with E-state index in [0.29, 0.717) is 0 Å². The molecule has 1 atom stereocenters. The van der Waals surface area contributed by atoms with Crippen LogP contribution in [0.2, 0.25) is 5.02 Å². The van der Waals surface area contributed by atoms with Gasteiger partial charge in [-0.2, -0.15) is 0 Å². The van der Waals surface area contributed by atoms with Crippen LogP contribution < -0.4 is 5.73 Å². The molecule has 0 saturated heterocycles. The molecule has 0 aliphatic carbocycles. The molecule has 0 amide bonds. The van der Waals surface area contributed by atoms with Gasteiger partial charge in [-0.15, -0.1) is 11.3 Å². The minimum Gasteiger partial charge on any atom is -0.317 e. The first kappa shape index (κ1) is 11.6. The van der Waals surface area contributed by atoms with Crippen molar-refractivity contribution in [2.75, 3.05) is 0 Å². The van der Waals surface area contributed by atoms with E-state index in [9.17, 15) is 0 Å². The van der Waals surface area contributed by atoms with E-state index < -0.39 is 5.54 Å². The molecule has 2 aromatic rings. The van der Waals surface area contributed by atoms with Gasteiger partial charge in [-0.25, -0.2) is 0 Å². The van der Waals surface area contributed by atoms with Gasteiger partial charge in [-0.1, -0.05) is 29.8 Å². The van der Waals surface area contributed by atoms with Crippen molar-refractivity contribution in [2.24, 2.45) is 5.73 Å². The molecule has 3 heteroatoms. The molecule has 1 heterocycles. The van der Waals surface area contributed by atoms with Gasteiger partial charge < -0.3 is 5.73 Å². The third-order valence-electron chi connectivity index (χ3n) is 2.69. The highest BCUT2D eigenvalue weighted by molar-refractivity contribution is 7.12. The van der Waals surface area contributed by atoms with Gasteiger partial charge >= 0.3 is 0 Å². The topological polar surface area (TPSA) is 26.0 Å². The molecule has 0 aliphatic rings.